The van der Waals surface area contributed by atoms with Gasteiger partial charge in [-0.25, -0.2) is 0 Å². The van der Waals surface area contributed by atoms with Crippen LogP contribution in [0.15, 0.2) is 0 Å². The third kappa shape index (κ3) is 6.89. The SMILES string of the molecule is [Te]=C(CC1CS1)CC1C[Se]CC(CC(=[Te])CC2CS2)[Se]1. The van der Waals surface area contributed by atoms with Gasteiger partial charge in [0.15, 0.2) is 0 Å². The molecule has 4 unspecified atom stereocenters. The second-order valence-electron chi connectivity index (χ2n) is 5.72. The van der Waals surface area contributed by atoms with E-state index in [1.807, 2.05) is 7.10 Å². The van der Waals surface area contributed by atoms with Gasteiger partial charge in [0.05, 0.1) is 0 Å². The second kappa shape index (κ2) is 8.95. The van der Waals surface area contributed by atoms with Crippen LogP contribution in [0.4, 0.5) is 0 Å². The van der Waals surface area contributed by atoms with Crippen molar-refractivity contribution in [1.29, 1.82) is 0 Å². The molecule has 0 nitrogen and oxygen atoms in total. The molecule has 4 atom stereocenters. The van der Waals surface area contributed by atoms with Gasteiger partial charge in [-0.3, -0.25) is 0 Å². The molecule has 3 heterocycles. The van der Waals surface area contributed by atoms with Crippen LogP contribution in [-0.4, -0.2) is 103 Å². The van der Waals surface area contributed by atoms with Crippen molar-refractivity contribution in [2.45, 2.75) is 56.5 Å². The first kappa shape index (κ1) is 17.9. The maximum absolute atomic E-state index is 2.36. The fraction of sp³-hybridized carbons (Fsp3) is 0.857. The fourth-order valence-corrected chi connectivity index (χ4v) is 16.4. The van der Waals surface area contributed by atoms with Crippen molar-refractivity contribution in [2.24, 2.45) is 0 Å². The first-order valence-electron chi connectivity index (χ1n) is 7.19. The third-order valence-corrected chi connectivity index (χ3v) is 15.3. The maximum atomic E-state index is 2.36. The van der Waals surface area contributed by atoms with Crippen LogP contribution < -0.4 is 0 Å². The molecule has 0 aromatic rings. The quantitative estimate of drug-likeness (QED) is 0.289. The molecule has 0 aromatic heterocycles. The molecule has 3 fully saturated rings. The summed E-state index contributed by atoms with van der Waals surface area (Å²) >= 11 is 10.9. The minimum atomic E-state index is 0.930. The van der Waals surface area contributed by atoms with E-state index in [0.717, 1.165) is 50.0 Å². The van der Waals surface area contributed by atoms with Crippen molar-refractivity contribution >= 4 is 104 Å². The van der Waals surface area contributed by atoms with Gasteiger partial charge in [0.25, 0.3) is 0 Å². The number of hydrogen-bond donors (Lipinski definition) is 0. The molecule has 0 aliphatic carbocycles. The summed E-state index contributed by atoms with van der Waals surface area (Å²) in [5.74, 6) is 2.88. The van der Waals surface area contributed by atoms with Crippen LogP contribution in [0.3, 0.4) is 0 Å². The van der Waals surface area contributed by atoms with Crippen molar-refractivity contribution in [3.8, 4) is 0 Å². The van der Waals surface area contributed by atoms with Crippen LogP contribution in [0, 0.1) is 0 Å². The standard InChI is InChI=1S/C14H20S2Se2Te2/c19-13(1-9-5-15-9)3-11-7-17-8-12(18-11)4-14(20)2-10-6-16-10/h9-12H,1-8H2. The molecule has 3 saturated heterocycles. The normalized spacial score (nSPS) is 35.6. The first-order chi connectivity index (χ1) is 9.69. The number of rotatable bonds is 8. The average molecular weight is 666 g/mol. The molecule has 0 aromatic carbocycles. The summed E-state index contributed by atoms with van der Waals surface area (Å²) in [6.45, 7) is 0. The molecule has 3 rings (SSSR count). The Bertz CT molecular complexity index is 349. The molecule has 6 heteroatoms. The minimum absolute atomic E-state index is 0.930. The Morgan fingerprint density at radius 2 is 1.30 bits per heavy atom. The summed E-state index contributed by atoms with van der Waals surface area (Å²) in [6, 6.07) is 0. The molecule has 3 aliphatic rings. The monoisotopic (exact) mass is 672 g/mol. The van der Waals surface area contributed by atoms with E-state index >= 15 is 0 Å². The third-order valence-electron chi connectivity index (χ3n) is 3.62. The van der Waals surface area contributed by atoms with E-state index in [-0.39, 0.29) is 0 Å². The fourth-order valence-electron chi connectivity index (χ4n) is 2.45. The zero-order chi connectivity index (χ0) is 13.9. The molecule has 0 spiro atoms. The van der Waals surface area contributed by atoms with E-state index in [9.17, 15) is 0 Å². The molecule has 0 radical (unpaired) electrons. The topological polar surface area (TPSA) is 0 Å². The molecular formula is C14H20S2Se2Te2. The molecular weight excluding hydrogens is 645 g/mol. The van der Waals surface area contributed by atoms with Crippen LogP contribution in [0.25, 0.3) is 0 Å². The Labute approximate surface area is 170 Å². The molecule has 20 heavy (non-hydrogen) atoms. The zero-order valence-corrected chi connectivity index (χ0v) is 21.1. The molecule has 0 saturated carbocycles. The van der Waals surface area contributed by atoms with Crippen molar-refractivity contribution in [1.82, 2.24) is 0 Å². The first-order valence-corrected chi connectivity index (χ1v) is 16.0. The van der Waals surface area contributed by atoms with Crippen molar-refractivity contribution in [3.05, 3.63) is 0 Å². The van der Waals surface area contributed by atoms with Gasteiger partial charge in [-0.1, -0.05) is 0 Å². The molecule has 0 amide bonds. The predicted octanol–water partition coefficient (Wildman–Crippen LogP) is 2.29. The molecule has 0 bridgehead atoms. The van der Waals surface area contributed by atoms with Gasteiger partial charge in [0.2, 0.25) is 0 Å². The van der Waals surface area contributed by atoms with E-state index in [4.69, 9.17) is 0 Å². The van der Waals surface area contributed by atoms with E-state index in [0.29, 0.717) is 0 Å². The van der Waals surface area contributed by atoms with Crippen LogP contribution in [0.5, 0.6) is 0 Å². The van der Waals surface area contributed by atoms with Gasteiger partial charge in [0, 0.05) is 0 Å². The van der Waals surface area contributed by atoms with E-state index in [2.05, 4.69) is 67.2 Å². The summed E-state index contributed by atoms with van der Waals surface area (Å²) in [7, 11) is 0. The van der Waals surface area contributed by atoms with Gasteiger partial charge in [-0.05, 0) is 0 Å². The summed E-state index contributed by atoms with van der Waals surface area (Å²) in [6.07, 6.45) is 5.84. The molecule has 0 N–H and O–H groups in total. The summed E-state index contributed by atoms with van der Waals surface area (Å²) in [5, 5.41) is 5.22. The summed E-state index contributed by atoms with van der Waals surface area (Å²) in [5.41, 5.74) is 0. The van der Waals surface area contributed by atoms with E-state index in [1.54, 1.807) is 10.6 Å². The van der Waals surface area contributed by atoms with Crippen molar-refractivity contribution in [3.63, 3.8) is 0 Å². The summed E-state index contributed by atoms with van der Waals surface area (Å²) < 4.78 is 3.66. The zero-order valence-electron chi connectivity index (χ0n) is 11.4. The van der Waals surface area contributed by atoms with E-state index in [1.165, 1.54) is 37.2 Å². The van der Waals surface area contributed by atoms with Crippen LogP contribution >= 0.6 is 23.5 Å². The van der Waals surface area contributed by atoms with Gasteiger partial charge < -0.3 is 0 Å². The summed E-state index contributed by atoms with van der Waals surface area (Å²) in [4.78, 5) is 2.22. The average Bonchev–Trinajstić information content (AvgIpc) is 3.26. The van der Waals surface area contributed by atoms with E-state index < -0.39 is 0 Å². The van der Waals surface area contributed by atoms with Crippen LogP contribution in [0.2, 0.25) is 20.3 Å². The predicted molar refractivity (Wildman–Crippen MR) is 101 cm³/mol. The molecule has 112 valence electrons. The number of hydrogen-bond acceptors (Lipinski definition) is 2. The van der Waals surface area contributed by atoms with Gasteiger partial charge >= 0.3 is 172 Å². The Kier molecular flexibility index (Phi) is 8.00. The van der Waals surface area contributed by atoms with Crippen molar-refractivity contribution < 1.29 is 0 Å². The second-order valence-corrected chi connectivity index (χ2v) is 17.3. The van der Waals surface area contributed by atoms with Crippen LogP contribution in [-0.2, 0) is 0 Å². The Balaban J connectivity index is 1.38. The Hall–Kier alpha value is 3.06. The Morgan fingerprint density at radius 3 is 1.70 bits per heavy atom. The Morgan fingerprint density at radius 1 is 0.850 bits per heavy atom. The molecule has 3 aliphatic heterocycles. The van der Waals surface area contributed by atoms with Gasteiger partial charge in [0.1, 0.15) is 0 Å². The van der Waals surface area contributed by atoms with Gasteiger partial charge in [-0.15, -0.1) is 0 Å². The van der Waals surface area contributed by atoms with Crippen LogP contribution in [0.1, 0.15) is 25.7 Å². The van der Waals surface area contributed by atoms with Crippen molar-refractivity contribution in [2.75, 3.05) is 11.5 Å². The number of thioether (sulfide) groups is 2. The van der Waals surface area contributed by atoms with Gasteiger partial charge in [-0.2, -0.15) is 0 Å².